The molecule has 0 saturated heterocycles. The lowest BCUT2D eigenvalue weighted by Crippen LogP contribution is -2.42. The van der Waals surface area contributed by atoms with Crippen molar-refractivity contribution in [2.24, 2.45) is 0 Å². The zero-order valence-corrected chi connectivity index (χ0v) is 11.2. The van der Waals surface area contributed by atoms with E-state index in [1.165, 1.54) is 11.6 Å². The van der Waals surface area contributed by atoms with Crippen molar-refractivity contribution in [1.82, 2.24) is 5.32 Å². The van der Waals surface area contributed by atoms with Crippen LogP contribution >= 0.6 is 0 Å². The molecule has 1 aromatic rings. The second kappa shape index (κ2) is 6.36. The van der Waals surface area contributed by atoms with E-state index in [1.807, 2.05) is 25.1 Å². The Morgan fingerprint density at radius 2 is 1.94 bits per heavy atom. The van der Waals surface area contributed by atoms with E-state index >= 15 is 0 Å². The Kier molecular flexibility index (Phi) is 5.10. The van der Waals surface area contributed by atoms with E-state index in [0.717, 1.165) is 12.0 Å². The fourth-order valence-corrected chi connectivity index (χ4v) is 1.81. The first kappa shape index (κ1) is 14.5. The summed E-state index contributed by atoms with van der Waals surface area (Å²) >= 11 is 0. The number of carboxylic acid groups (broad SMARTS) is 1. The fraction of sp³-hybridized carbons (Fsp3) is 0.400. The molecule has 0 aromatic heterocycles. The number of hydrogen-bond donors (Lipinski definition) is 2. The van der Waals surface area contributed by atoms with Crippen molar-refractivity contribution in [1.29, 1.82) is 0 Å². The summed E-state index contributed by atoms with van der Waals surface area (Å²) in [7, 11) is 0. The first-order valence-electron chi connectivity index (χ1n) is 6.08. The number of nitrogens with one attached hydrogen (secondary N) is 1. The second-order valence-electron chi connectivity index (χ2n) is 5.23. The molecule has 0 amide bonds. The van der Waals surface area contributed by atoms with E-state index in [2.05, 4.69) is 31.3 Å². The maximum absolute atomic E-state index is 10.5. The molecule has 18 heavy (non-hydrogen) atoms. The summed E-state index contributed by atoms with van der Waals surface area (Å²) in [6.45, 7) is 6.65. The summed E-state index contributed by atoms with van der Waals surface area (Å²) in [5, 5.41) is 12.0. The molecular formula is C15H21NO2. The van der Waals surface area contributed by atoms with Crippen LogP contribution in [-0.2, 0) is 11.2 Å². The predicted octanol–water partition coefficient (Wildman–Crippen LogP) is 2.63. The Morgan fingerprint density at radius 1 is 1.33 bits per heavy atom. The van der Waals surface area contributed by atoms with Gasteiger partial charge in [0, 0.05) is 18.2 Å². The summed E-state index contributed by atoms with van der Waals surface area (Å²) < 4.78 is 0. The van der Waals surface area contributed by atoms with Crippen LogP contribution in [0.1, 0.15) is 26.3 Å². The van der Waals surface area contributed by atoms with Gasteiger partial charge in [0.1, 0.15) is 0 Å². The molecular weight excluding hydrogens is 226 g/mol. The summed E-state index contributed by atoms with van der Waals surface area (Å²) in [5.74, 6) is -0.893. The monoisotopic (exact) mass is 247 g/mol. The van der Waals surface area contributed by atoms with Crippen LogP contribution in [0.4, 0.5) is 0 Å². The average Bonchev–Trinajstić information content (AvgIpc) is 2.26. The van der Waals surface area contributed by atoms with Gasteiger partial charge in [-0.25, -0.2) is 4.79 Å². The first-order valence-corrected chi connectivity index (χ1v) is 6.08. The fourth-order valence-electron chi connectivity index (χ4n) is 1.81. The normalized spacial score (nSPS) is 12.5. The van der Waals surface area contributed by atoms with Crippen LogP contribution in [0.2, 0.25) is 0 Å². The number of benzene rings is 1. The standard InChI is InChI=1S/C15H21NO2/c1-12(9-14(17)18)11-16-15(2,3)10-13-7-5-4-6-8-13/h4-9,16H,10-11H2,1-3H3,(H,17,18)/b12-9-. The minimum atomic E-state index is -0.893. The molecule has 0 unspecified atom stereocenters. The van der Waals surface area contributed by atoms with Gasteiger partial charge in [-0.15, -0.1) is 0 Å². The van der Waals surface area contributed by atoms with Crippen LogP contribution in [-0.4, -0.2) is 23.2 Å². The summed E-state index contributed by atoms with van der Waals surface area (Å²) in [4.78, 5) is 10.5. The van der Waals surface area contributed by atoms with Crippen LogP contribution in [0.5, 0.6) is 0 Å². The molecule has 0 aliphatic heterocycles. The van der Waals surface area contributed by atoms with E-state index in [1.54, 1.807) is 0 Å². The highest BCUT2D eigenvalue weighted by Gasteiger charge is 2.17. The molecule has 0 radical (unpaired) electrons. The van der Waals surface area contributed by atoms with E-state index in [4.69, 9.17) is 5.11 Å². The smallest absolute Gasteiger partial charge is 0.328 e. The van der Waals surface area contributed by atoms with Gasteiger partial charge in [0.15, 0.2) is 0 Å². The molecule has 3 heteroatoms. The lowest BCUT2D eigenvalue weighted by molar-refractivity contribution is -0.131. The third-order valence-electron chi connectivity index (χ3n) is 2.70. The number of carboxylic acids is 1. The first-order chi connectivity index (χ1) is 8.39. The molecule has 3 nitrogen and oxygen atoms in total. The van der Waals surface area contributed by atoms with Crippen LogP contribution in [0.3, 0.4) is 0 Å². The highest BCUT2D eigenvalue weighted by atomic mass is 16.4. The molecule has 2 N–H and O–H groups in total. The van der Waals surface area contributed by atoms with Crippen LogP contribution in [0.25, 0.3) is 0 Å². The molecule has 0 saturated carbocycles. The summed E-state index contributed by atoms with van der Waals surface area (Å²) in [6.07, 6.45) is 2.15. The number of aliphatic carboxylic acids is 1. The Labute approximate surface area is 109 Å². The molecule has 0 fully saturated rings. The van der Waals surface area contributed by atoms with E-state index in [0.29, 0.717) is 6.54 Å². The van der Waals surface area contributed by atoms with Gasteiger partial charge in [-0.1, -0.05) is 35.9 Å². The number of carbonyl (C=O) groups is 1. The van der Waals surface area contributed by atoms with Crippen molar-refractivity contribution in [3.05, 3.63) is 47.5 Å². The van der Waals surface area contributed by atoms with E-state index in [-0.39, 0.29) is 5.54 Å². The quantitative estimate of drug-likeness (QED) is 0.760. The summed E-state index contributed by atoms with van der Waals surface area (Å²) in [6, 6.07) is 10.3. The van der Waals surface area contributed by atoms with Crippen LogP contribution < -0.4 is 5.32 Å². The van der Waals surface area contributed by atoms with Crippen molar-refractivity contribution in [3.8, 4) is 0 Å². The topological polar surface area (TPSA) is 49.3 Å². The van der Waals surface area contributed by atoms with Crippen molar-refractivity contribution in [2.45, 2.75) is 32.7 Å². The van der Waals surface area contributed by atoms with Crippen molar-refractivity contribution in [2.75, 3.05) is 6.54 Å². The van der Waals surface area contributed by atoms with Gasteiger partial charge < -0.3 is 10.4 Å². The predicted molar refractivity (Wildman–Crippen MR) is 73.6 cm³/mol. The van der Waals surface area contributed by atoms with E-state index in [9.17, 15) is 4.79 Å². The third kappa shape index (κ3) is 5.64. The zero-order valence-electron chi connectivity index (χ0n) is 11.2. The molecule has 1 aromatic carbocycles. The van der Waals surface area contributed by atoms with Gasteiger partial charge in [0.05, 0.1) is 0 Å². The molecule has 1 rings (SSSR count). The molecule has 0 bridgehead atoms. The highest BCUT2D eigenvalue weighted by Crippen LogP contribution is 2.12. The maximum Gasteiger partial charge on any atom is 0.328 e. The molecule has 0 spiro atoms. The van der Waals surface area contributed by atoms with Crippen LogP contribution in [0.15, 0.2) is 42.0 Å². The minimum absolute atomic E-state index is 0.0606. The number of hydrogen-bond acceptors (Lipinski definition) is 2. The molecule has 0 aliphatic carbocycles. The van der Waals surface area contributed by atoms with Crippen LogP contribution in [0, 0.1) is 0 Å². The van der Waals surface area contributed by atoms with E-state index < -0.39 is 5.97 Å². The van der Waals surface area contributed by atoms with Gasteiger partial charge in [0.25, 0.3) is 0 Å². The third-order valence-corrected chi connectivity index (χ3v) is 2.70. The highest BCUT2D eigenvalue weighted by molar-refractivity contribution is 5.80. The van der Waals surface area contributed by atoms with Gasteiger partial charge >= 0.3 is 5.97 Å². The number of rotatable bonds is 6. The Bertz CT molecular complexity index is 421. The molecule has 0 heterocycles. The van der Waals surface area contributed by atoms with Crippen molar-refractivity contribution < 1.29 is 9.90 Å². The lowest BCUT2D eigenvalue weighted by Gasteiger charge is -2.26. The van der Waals surface area contributed by atoms with Gasteiger partial charge in [-0.3, -0.25) is 0 Å². The van der Waals surface area contributed by atoms with Crippen molar-refractivity contribution in [3.63, 3.8) is 0 Å². The zero-order chi connectivity index (χ0) is 13.6. The maximum atomic E-state index is 10.5. The summed E-state index contributed by atoms with van der Waals surface area (Å²) in [5.41, 5.74) is 2.04. The van der Waals surface area contributed by atoms with Gasteiger partial charge in [0.2, 0.25) is 0 Å². The second-order valence-corrected chi connectivity index (χ2v) is 5.23. The minimum Gasteiger partial charge on any atom is -0.478 e. The Balaban J connectivity index is 2.52. The SMILES string of the molecule is C/C(=C/C(=O)O)CNC(C)(C)Cc1ccccc1. The Morgan fingerprint density at radius 3 is 2.50 bits per heavy atom. The average molecular weight is 247 g/mol. The molecule has 0 atom stereocenters. The largest absolute Gasteiger partial charge is 0.478 e. The molecule has 0 aliphatic rings. The van der Waals surface area contributed by atoms with Crippen molar-refractivity contribution >= 4 is 5.97 Å². The Hall–Kier alpha value is -1.61. The van der Waals surface area contributed by atoms with Gasteiger partial charge in [-0.05, 0) is 32.8 Å². The lowest BCUT2D eigenvalue weighted by atomic mass is 9.94. The van der Waals surface area contributed by atoms with Gasteiger partial charge in [-0.2, -0.15) is 0 Å². The molecule has 98 valence electrons.